The number of alkyl halides is 3. The molecule has 0 amide bonds. The molecule has 0 aliphatic carbocycles. The molecule has 0 saturated heterocycles. The van der Waals surface area contributed by atoms with E-state index in [9.17, 15) is 18.0 Å². The fourth-order valence-electron chi connectivity index (χ4n) is 1.70. The zero-order valence-corrected chi connectivity index (χ0v) is 11.9. The highest BCUT2D eigenvalue weighted by Gasteiger charge is 2.34. The summed E-state index contributed by atoms with van der Waals surface area (Å²) in [6.45, 7) is 0.0603. The van der Waals surface area contributed by atoms with Gasteiger partial charge in [0.2, 0.25) is 0 Å². The average Bonchev–Trinajstić information content (AvgIpc) is 2.85. The van der Waals surface area contributed by atoms with E-state index in [0.29, 0.717) is 4.88 Å². The largest absolute Gasteiger partial charge is 0.478 e. The molecule has 0 aliphatic heterocycles. The Balaban J connectivity index is 2.21. The lowest BCUT2D eigenvalue weighted by Crippen LogP contribution is -2.11. The first-order valence-electron chi connectivity index (χ1n) is 5.69. The number of rotatable bonds is 4. The van der Waals surface area contributed by atoms with Crippen molar-refractivity contribution in [1.29, 1.82) is 0 Å². The second-order valence-electron chi connectivity index (χ2n) is 4.12. The Bertz CT molecular complexity index is 670. The summed E-state index contributed by atoms with van der Waals surface area (Å²) in [6.07, 6.45) is -4.52. The zero-order valence-electron chi connectivity index (χ0n) is 10.4. The monoisotopic (exact) mass is 335 g/mol. The number of carboxylic acids is 1. The molecular formula is C13H9ClF3NO2S. The van der Waals surface area contributed by atoms with Crippen molar-refractivity contribution in [2.75, 3.05) is 5.32 Å². The van der Waals surface area contributed by atoms with E-state index in [1.54, 1.807) is 0 Å². The van der Waals surface area contributed by atoms with E-state index in [4.69, 9.17) is 16.7 Å². The molecule has 1 heterocycles. The van der Waals surface area contributed by atoms with Crippen molar-refractivity contribution in [2.45, 2.75) is 12.7 Å². The normalized spacial score (nSPS) is 11.4. The van der Waals surface area contributed by atoms with E-state index in [-0.39, 0.29) is 22.8 Å². The third-order valence-corrected chi connectivity index (χ3v) is 3.91. The van der Waals surface area contributed by atoms with Crippen LogP contribution in [0.15, 0.2) is 29.6 Å². The summed E-state index contributed by atoms with van der Waals surface area (Å²) >= 11 is 6.95. The molecule has 21 heavy (non-hydrogen) atoms. The maximum Gasteiger partial charge on any atom is 0.418 e. The summed E-state index contributed by atoms with van der Waals surface area (Å²) in [4.78, 5) is 11.3. The predicted octanol–water partition coefficient (Wildman–Crippen LogP) is 4.73. The van der Waals surface area contributed by atoms with Crippen LogP contribution in [0, 0.1) is 0 Å². The average molecular weight is 336 g/mol. The molecule has 3 nitrogen and oxygen atoms in total. The van der Waals surface area contributed by atoms with Crippen LogP contribution in [0.5, 0.6) is 0 Å². The van der Waals surface area contributed by atoms with Crippen LogP contribution in [0.2, 0.25) is 5.02 Å². The van der Waals surface area contributed by atoms with Gasteiger partial charge in [-0.1, -0.05) is 17.7 Å². The molecule has 0 aliphatic rings. The Labute approximate surface area is 127 Å². The number of carbonyl (C=O) groups is 1. The smallest absolute Gasteiger partial charge is 0.418 e. The molecule has 0 fully saturated rings. The van der Waals surface area contributed by atoms with Gasteiger partial charge in [0, 0.05) is 16.8 Å². The Morgan fingerprint density at radius 2 is 2.10 bits per heavy atom. The van der Waals surface area contributed by atoms with E-state index in [2.05, 4.69) is 5.32 Å². The molecule has 2 aromatic rings. The highest BCUT2D eigenvalue weighted by molar-refractivity contribution is 7.10. The van der Waals surface area contributed by atoms with Gasteiger partial charge in [0.1, 0.15) is 0 Å². The number of hydrogen-bond donors (Lipinski definition) is 2. The standard InChI is InChI=1S/C13H9ClF3NO2S/c14-10-3-1-2-9(13(15,16)17)11(10)18-5-8-4-7(6-21-8)12(19)20/h1-4,6,18H,5H2,(H,19,20). The lowest BCUT2D eigenvalue weighted by molar-refractivity contribution is -0.137. The Kier molecular flexibility index (Phi) is 4.43. The van der Waals surface area contributed by atoms with Crippen molar-refractivity contribution in [3.8, 4) is 0 Å². The van der Waals surface area contributed by atoms with E-state index in [1.165, 1.54) is 23.6 Å². The topological polar surface area (TPSA) is 49.3 Å². The number of anilines is 1. The van der Waals surface area contributed by atoms with E-state index < -0.39 is 17.7 Å². The van der Waals surface area contributed by atoms with Gasteiger partial charge in [0.15, 0.2) is 0 Å². The van der Waals surface area contributed by atoms with Crippen LogP contribution in [0.25, 0.3) is 0 Å². The molecule has 0 bridgehead atoms. The lowest BCUT2D eigenvalue weighted by Gasteiger charge is -2.15. The molecule has 2 rings (SSSR count). The van der Waals surface area contributed by atoms with Gasteiger partial charge in [-0.25, -0.2) is 4.79 Å². The minimum atomic E-state index is -4.52. The number of hydrogen-bond acceptors (Lipinski definition) is 3. The SMILES string of the molecule is O=C(O)c1csc(CNc2c(Cl)cccc2C(F)(F)F)c1. The van der Waals surface area contributed by atoms with E-state index >= 15 is 0 Å². The Hall–Kier alpha value is -1.73. The minimum absolute atomic E-state index is 0.0418. The van der Waals surface area contributed by atoms with Gasteiger partial charge in [0.05, 0.1) is 21.8 Å². The lowest BCUT2D eigenvalue weighted by atomic mass is 10.1. The summed E-state index contributed by atoms with van der Waals surface area (Å²) in [6, 6.07) is 4.93. The van der Waals surface area contributed by atoms with Crippen molar-refractivity contribution in [2.24, 2.45) is 0 Å². The van der Waals surface area contributed by atoms with Gasteiger partial charge in [-0.2, -0.15) is 13.2 Å². The van der Waals surface area contributed by atoms with Crippen LogP contribution >= 0.6 is 22.9 Å². The van der Waals surface area contributed by atoms with Gasteiger partial charge in [-0.15, -0.1) is 11.3 Å². The third kappa shape index (κ3) is 3.68. The molecular weight excluding hydrogens is 327 g/mol. The van der Waals surface area contributed by atoms with Gasteiger partial charge in [0.25, 0.3) is 0 Å². The first-order valence-corrected chi connectivity index (χ1v) is 6.95. The van der Waals surface area contributed by atoms with Crippen molar-refractivity contribution in [3.63, 3.8) is 0 Å². The number of thiophene rings is 1. The van der Waals surface area contributed by atoms with Crippen molar-refractivity contribution in [3.05, 3.63) is 50.7 Å². The minimum Gasteiger partial charge on any atom is -0.478 e. The summed E-state index contributed by atoms with van der Waals surface area (Å²) in [5.74, 6) is -1.08. The highest BCUT2D eigenvalue weighted by Crippen LogP contribution is 2.38. The number of para-hydroxylation sites is 1. The summed E-state index contributed by atoms with van der Waals surface area (Å²) in [7, 11) is 0. The maximum atomic E-state index is 12.9. The van der Waals surface area contributed by atoms with Crippen molar-refractivity contribution >= 4 is 34.6 Å². The van der Waals surface area contributed by atoms with E-state index in [1.807, 2.05) is 0 Å². The van der Waals surface area contributed by atoms with Crippen LogP contribution in [0.1, 0.15) is 20.8 Å². The second kappa shape index (κ2) is 5.95. The molecule has 0 unspecified atom stereocenters. The number of benzene rings is 1. The molecule has 0 atom stereocenters. The van der Waals surface area contributed by atoms with Crippen LogP contribution in [0.3, 0.4) is 0 Å². The number of halogens is 4. The summed E-state index contributed by atoms with van der Waals surface area (Å²) in [5, 5.41) is 12.8. The maximum absolute atomic E-state index is 12.9. The second-order valence-corrected chi connectivity index (χ2v) is 5.52. The predicted molar refractivity (Wildman–Crippen MR) is 75.1 cm³/mol. The number of nitrogens with one attached hydrogen (secondary N) is 1. The van der Waals surface area contributed by atoms with Crippen LogP contribution in [-0.4, -0.2) is 11.1 Å². The van der Waals surface area contributed by atoms with Crippen LogP contribution < -0.4 is 5.32 Å². The van der Waals surface area contributed by atoms with Gasteiger partial charge < -0.3 is 10.4 Å². The molecule has 0 saturated carbocycles. The fraction of sp³-hybridized carbons (Fsp3) is 0.154. The Morgan fingerprint density at radius 1 is 1.38 bits per heavy atom. The molecule has 0 radical (unpaired) electrons. The molecule has 112 valence electrons. The number of carboxylic acid groups (broad SMARTS) is 1. The molecule has 8 heteroatoms. The zero-order chi connectivity index (χ0) is 15.6. The van der Waals surface area contributed by atoms with Crippen LogP contribution in [-0.2, 0) is 12.7 Å². The Morgan fingerprint density at radius 3 is 2.67 bits per heavy atom. The van der Waals surface area contributed by atoms with Gasteiger partial charge in [-0.05, 0) is 18.2 Å². The third-order valence-electron chi connectivity index (χ3n) is 2.66. The first kappa shape index (κ1) is 15.7. The highest BCUT2D eigenvalue weighted by atomic mass is 35.5. The van der Waals surface area contributed by atoms with Crippen LogP contribution in [0.4, 0.5) is 18.9 Å². The van der Waals surface area contributed by atoms with Crippen molar-refractivity contribution in [1.82, 2.24) is 0 Å². The molecule has 2 N–H and O–H groups in total. The van der Waals surface area contributed by atoms with Gasteiger partial charge >= 0.3 is 12.1 Å². The molecule has 1 aromatic heterocycles. The fourth-order valence-corrected chi connectivity index (χ4v) is 2.74. The summed E-state index contributed by atoms with van der Waals surface area (Å²) < 4.78 is 38.7. The van der Waals surface area contributed by atoms with Crippen molar-refractivity contribution < 1.29 is 23.1 Å². The van der Waals surface area contributed by atoms with Gasteiger partial charge in [-0.3, -0.25) is 0 Å². The molecule has 0 spiro atoms. The van der Waals surface area contributed by atoms with E-state index in [0.717, 1.165) is 17.4 Å². The number of aromatic carboxylic acids is 1. The summed E-state index contributed by atoms with van der Waals surface area (Å²) in [5.41, 5.74) is -0.964. The molecule has 1 aromatic carbocycles. The quantitative estimate of drug-likeness (QED) is 0.849. The first-order chi connectivity index (χ1) is 9.79.